The molecule has 0 radical (unpaired) electrons. The van der Waals surface area contributed by atoms with E-state index in [1.807, 2.05) is 13.8 Å². The highest BCUT2D eigenvalue weighted by Crippen LogP contribution is 2.27. The predicted molar refractivity (Wildman–Crippen MR) is 58.3 cm³/mol. The van der Waals surface area contributed by atoms with Gasteiger partial charge in [0.05, 0.1) is 11.4 Å². The second kappa shape index (κ2) is 3.74. The van der Waals surface area contributed by atoms with Gasteiger partial charge in [-0.05, 0) is 25.5 Å². The van der Waals surface area contributed by atoms with Crippen LogP contribution in [0.5, 0.6) is 0 Å². The maximum Gasteiger partial charge on any atom is 0.0638 e. The first kappa shape index (κ1) is 10.6. The molecule has 0 atom stereocenters. The van der Waals surface area contributed by atoms with Crippen molar-refractivity contribution in [1.29, 1.82) is 0 Å². The Morgan fingerprint density at radius 3 is 2.46 bits per heavy atom. The third-order valence-electron chi connectivity index (χ3n) is 2.16. The number of halogens is 1. The molecule has 0 saturated carbocycles. The Morgan fingerprint density at radius 2 is 1.92 bits per heavy atom. The van der Waals surface area contributed by atoms with Gasteiger partial charge in [0.15, 0.2) is 0 Å². The Hall–Kier alpha value is -0.440. The minimum absolute atomic E-state index is 0.130. The fourth-order valence-electron chi connectivity index (χ4n) is 1.31. The molecular formula is C10H15BrN2. The molecule has 0 aliphatic heterocycles. The molecule has 0 N–H and O–H groups in total. The van der Waals surface area contributed by atoms with Crippen LogP contribution in [0.15, 0.2) is 6.07 Å². The SMILES string of the molecule is Cc1cc(C(C)(C)CBr)c(C)nn1. The molecule has 2 nitrogen and oxygen atoms in total. The van der Waals surface area contributed by atoms with Crippen molar-refractivity contribution in [3.8, 4) is 0 Å². The van der Waals surface area contributed by atoms with Gasteiger partial charge in [-0.2, -0.15) is 10.2 Å². The molecule has 1 aromatic heterocycles. The highest BCUT2D eigenvalue weighted by Gasteiger charge is 2.22. The van der Waals surface area contributed by atoms with Gasteiger partial charge in [0.25, 0.3) is 0 Å². The van der Waals surface area contributed by atoms with Crippen LogP contribution < -0.4 is 0 Å². The molecule has 0 amide bonds. The third-order valence-corrected chi connectivity index (χ3v) is 3.57. The summed E-state index contributed by atoms with van der Waals surface area (Å²) in [5.74, 6) is 0. The lowest BCUT2D eigenvalue weighted by Gasteiger charge is -2.23. The number of aromatic nitrogens is 2. The van der Waals surface area contributed by atoms with Gasteiger partial charge in [0.1, 0.15) is 0 Å². The Balaban J connectivity index is 3.20. The molecule has 1 heterocycles. The lowest BCUT2D eigenvalue weighted by atomic mass is 9.86. The summed E-state index contributed by atoms with van der Waals surface area (Å²) >= 11 is 3.52. The van der Waals surface area contributed by atoms with Gasteiger partial charge >= 0.3 is 0 Å². The van der Waals surface area contributed by atoms with E-state index < -0.39 is 0 Å². The van der Waals surface area contributed by atoms with E-state index in [0.29, 0.717) is 0 Å². The lowest BCUT2D eigenvalue weighted by molar-refractivity contribution is 0.592. The number of rotatable bonds is 2. The lowest BCUT2D eigenvalue weighted by Crippen LogP contribution is -2.21. The van der Waals surface area contributed by atoms with Crippen molar-refractivity contribution in [3.05, 3.63) is 23.0 Å². The van der Waals surface area contributed by atoms with E-state index in [1.54, 1.807) is 0 Å². The van der Waals surface area contributed by atoms with E-state index in [1.165, 1.54) is 5.56 Å². The first-order valence-electron chi connectivity index (χ1n) is 4.35. The zero-order valence-corrected chi connectivity index (χ0v) is 10.1. The third kappa shape index (κ3) is 2.27. The summed E-state index contributed by atoms with van der Waals surface area (Å²) in [7, 11) is 0. The van der Waals surface area contributed by atoms with Crippen molar-refractivity contribution < 1.29 is 0 Å². The van der Waals surface area contributed by atoms with E-state index in [9.17, 15) is 0 Å². The van der Waals surface area contributed by atoms with Gasteiger partial charge in [-0.1, -0.05) is 29.8 Å². The van der Waals surface area contributed by atoms with Crippen LogP contribution in [-0.2, 0) is 5.41 Å². The minimum atomic E-state index is 0.130. The summed E-state index contributed by atoms with van der Waals surface area (Å²) in [5, 5.41) is 9.08. The molecule has 3 heteroatoms. The van der Waals surface area contributed by atoms with Crippen LogP contribution in [-0.4, -0.2) is 15.5 Å². The zero-order valence-electron chi connectivity index (χ0n) is 8.56. The summed E-state index contributed by atoms with van der Waals surface area (Å²) in [4.78, 5) is 0. The summed E-state index contributed by atoms with van der Waals surface area (Å²) < 4.78 is 0. The summed E-state index contributed by atoms with van der Waals surface area (Å²) in [5.41, 5.74) is 3.41. The fraction of sp³-hybridized carbons (Fsp3) is 0.600. The molecule has 0 aromatic carbocycles. The van der Waals surface area contributed by atoms with Crippen LogP contribution in [0.3, 0.4) is 0 Å². The van der Waals surface area contributed by atoms with E-state index in [4.69, 9.17) is 0 Å². The molecule has 13 heavy (non-hydrogen) atoms. The van der Waals surface area contributed by atoms with Crippen molar-refractivity contribution in [3.63, 3.8) is 0 Å². The molecule has 0 aliphatic carbocycles. The molecule has 1 rings (SSSR count). The second-order valence-electron chi connectivity index (χ2n) is 4.00. The fourth-order valence-corrected chi connectivity index (χ4v) is 1.61. The van der Waals surface area contributed by atoms with E-state index in [0.717, 1.165) is 16.7 Å². The molecule has 1 aromatic rings. The number of hydrogen-bond donors (Lipinski definition) is 0. The first-order chi connectivity index (χ1) is 5.97. The normalized spacial score (nSPS) is 11.8. The first-order valence-corrected chi connectivity index (χ1v) is 5.47. The largest absolute Gasteiger partial charge is 0.156 e. The molecule has 0 saturated heterocycles. The Kier molecular flexibility index (Phi) is 3.06. The predicted octanol–water partition coefficient (Wildman–Crippen LogP) is 2.77. The molecule has 0 aliphatic rings. The van der Waals surface area contributed by atoms with Crippen LogP contribution >= 0.6 is 15.9 Å². The monoisotopic (exact) mass is 242 g/mol. The van der Waals surface area contributed by atoms with E-state index >= 15 is 0 Å². The average molecular weight is 243 g/mol. The molecule has 72 valence electrons. The number of aryl methyl sites for hydroxylation is 2. The maximum atomic E-state index is 4.12. The topological polar surface area (TPSA) is 25.8 Å². The van der Waals surface area contributed by atoms with Crippen molar-refractivity contribution in [1.82, 2.24) is 10.2 Å². The average Bonchev–Trinajstić information content (AvgIpc) is 2.09. The zero-order chi connectivity index (χ0) is 10.1. The van der Waals surface area contributed by atoms with Gasteiger partial charge in [0, 0.05) is 10.7 Å². The standard InChI is InChI=1S/C10H15BrN2/c1-7-5-9(8(2)13-12-7)10(3,4)6-11/h5H,6H2,1-4H3. The van der Waals surface area contributed by atoms with E-state index in [2.05, 4.69) is 46.0 Å². The van der Waals surface area contributed by atoms with Crippen LogP contribution in [0, 0.1) is 13.8 Å². The van der Waals surface area contributed by atoms with Crippen LogP contribution in [0.4, 0.5) is 0 Å². The van der Waals surface area contributed by atoms with Crippen molar-refractivity contribution in [2.24, 2.45) is 0 Å². The highest BCUT2D eigenvalue weighted by atomic mass is 79.9. The molecule has 0 bridgehead atoms. The van der Waals surface area contributed by atoms with Gasteiger partial charge in [-0.15, -0.1) is 0 Å². The van der Waals surface area contributed by atoms with Gasteiger partial charge < -0.3 is 0 Å². The minimum Gasteiger partial charge on any atom is -0.156 e. The summed E-state index contributed by atoms with van der Waals surface area (Å²) in [6, 6.07) is 2.11. The van der Waals surface area contributed by atoms with Crippen molar-refractivity contribution in [2.45, 2.75) is 33.1 Å². The molecular weight excluding hydrogens is 228 g/mol. The Morgan fingerprint density at radius 1 is 1.31 bits per heavy atom. The summed E-state index contributed by atoms with van der Waals surface area (Å²) in [6.07, 6.45) is 0. The number of alkyl halides is 1. The molecule has 0 fully saturated rings. The van der Waals surface area contributed by atoms with Crippen LogP contribution in [0.25, 0.3) is 0 Å². The molecule has 0 unspecified atom stereocenters. The highest BCUT2D eigenvalue weighted by molar-refractivity contribution is 9.09. The Labute approximate surface area is 87.9 Å². The number of nitrogens with zero attached hydrogens (tertiary/aromatic N) is 2. The van der Waals surface area contributed by atoms with E-state index in [-0.39, 0.29) is 5.41 Å². The van der Waals surface area contributed by atoms with Crippen LogP contribution in [0.2, 0.25) is 0 Å². The van der Waals surface area contributed by atoms with Gasteiger partial charge in [0.2, 0.25) is 0 Å². The Bertz CT molecular complexity index is 308. The number of hydrogen-bond acceptors (Lipinski definition) is 2. The second-order valence-corrected chi connectivity index (χ2v) is 4.56. The van der Waals surface area contributed by atoms with Crippen LogP contribution in [0.1, 0.15) is 30.8 Å². The van der Waals surface area contributed by atoms with Crippen molar-refractivity contribution >= 4 is 15.9 Å². The van der Waals surface area contributed by atoms with Crippen molar-refractivity contribution in [2.75, 3.05) is 5.33 Å². The smallest absolute Gasteiger partial charge is 0.0638 e. The quantitative estimate of drug-likeness (QED) is 0.746. The van der Waals surface area contributed by atoms with Gasteiger partial charge in [-0.3, -0.25) is 0 Å². The maximum absolute atomic E-state index is 4.12. The van der Waals surface area contributed by atoms with Gasteiger partial charge in [-0.25, -0.2) is 0 Å². The molecule has 0 spiro atoms. The summed E-state index contributed by atoms with van der Waals surface area (Å²) in [6.45, 7) is 8.38.